The van der Waals surface area contributed by atoms with Crippen LogP contribution in [0.15, 0.2) is 36.5 Å². The molecule has 0 bridgehead atoms. The second-order valence-electron chi connectivity index (χ2n) is 6.19. The molecule has 1 aromatic carbocycles. The number of halogens is 2. The largest absolute Gasteiger partial charge is 0.339 e. The standard InChI is InChI=1S/C17H20F2N4O/c1-21-10-13-6-4-3-5-12(13)9-14(21)11-22(2)16(24)15-7-8-23(20-15)17(18)19/h3-8,14,17H,9-11H2,1-2H3/t14-/m0/s1. The first-order valence-corrected chi connectivity index (χ1v) is 7.81. The molecule has 0 aliphatic carbocycles. The van der Waals surface area contributed by atoms with E-state index in [-0.39, 0.29) is 17.6 Å². The van der Waals surface area contributed by atoms with Crippen LogP contribution in [-0.2, 0) is 13.0 Å². The molecule has 24 heavy (non-hydrogen) atoms. The number of rotatable bonds is 4. The second kappa shape index (κ2) is 6.68. The highest BCUT2D eigenvalue weighted by Crippen LogP contribution is 2.22. The lowest BCUT2D eigenvalue weighted by Gasteiger charge is -2.36. The maximum absolute atomic E-state index is 12.6. The number of amides is 1. The molecule has 2 heterocycles. The van der Waals surface area contributed by atoms with Crippen LogP contribution in [0.4, 0.5) is 8.78 Å². The van der Waals surface area contributed by atoms with Crippen molar-refractivity contribution in [2.75, 3.05) is 20.6 Å². The van der Waals surface area contributed by atoms with Crippen molar-refractivity contribution in [3.05, 3.63) is 53.3 Å². The molecule has 0 saturated carbocycles. The van der Waals surface area contributed by atoms with E-state index < -0.39 is 6.55 Å². The molecular formula is C17H20F2N4O. The summed E-state index contributed by atoms with van der Waals surface area (Å²) in [6.45, 7) is -1.38. The Bertz CT molecular complexity index is 731. The summed E-state index contributed by atoms with van der Waals surface area (Å²) in [7, 11) is 3.71. The van der Waals surface area contributed by atoms with Crippen molar-refractivity contribution in [2.24, 2.45) is 0 Å². The van der Waals surface area contributed by atoms with E-state index >= 15 is 0 Å². The van der Waals surface area contributed by atoms with Gasteiger partial charge in [-0.3, -0.25) is 9.69 Å². The molecule has 0 spiro atoms. The minimum Gasteiger partial charge on any atom is -0.339 e. The van der Waals surface area contributed by atoms with Gasteiger partial charge in [0, 0.05) is 32.4 Å². The number of benzene rings is 1. The Hall–Kier alpha value is -2.28. The Morgan fingerprint density at radius 2 is 2.04 bits per heavy atom. The molecule has 0 fully saturated rings. The van der Waals surface area contributed by atoms with Crippen molar-refractivity contribution in [2.45, 2.75) is 25.6 Å². The molecule has 7 heteroatoms. The second-order valence-corrected chi connectivity index (χ2v) is 6.19. The number of aromatic nitrogens is 2. The van der Waals surface area contributed by atoms with Gasteiger partial charge in [-0.1, -0.05) is 24.3 Å². The monoisotopic (exact) mass is 334 g/mol. The molecule has 2 aromatic rings. The van der Waals surface area contributed by atoms with Gasteiger partial charge >= 0.3 is 6.55 Å². The number of carbonyl (C=O) groups excluding carboxylic acids is 1. The molecule has 1 aromatic heterocycles. The normalized spacial score (nSPS) is 17.8. The lowest BCUT2D eigenvalue weighted by molar-refractivity contribution is 0.0550. The highest BCUT2D eigenvalue weighted by molar-refractivity contribution is 5.92. The lowest BCUT2D eigenvalue weighted by atomic mass is 9.94. The van der Waals surface area contributed by atoms with E-state index in [4.69, 9.17) is 0 Å². The molecule has 1 amide bonds. The molecular weight excluding hydrogens is 314 g/mol. The van der Waals surface area contributed by atoms with E-state index in [1.807, 2.05) is 19.2 Å². The van der Waals surface area contributed by atoms with Crippen molar-refractivity contribution in [1.82, 2.24) is 19.6 Å². The third kappa shape index (κ3) is 3.31. The Morgan fingerprint density at radius 1 is 1.33 bits per heavy atom. The molecule has 0 radical (unpaired) electrons. The number of alkyl halides is 2. The van der Waals surface area contributed by atoms with E-state index in [2.05, 4.69) is 22.1 Å². The zero-order chi connectivity index (χ0) is 17.3. The fraction of sp³-hybridized carbons (Fsp3) is 0.412. The van der Waals surface area contributed by atoms with Gasteiger partial charge in [-0.15, -0.1) is 0 Å². The summed E-state index contributed by atoms with van der Waals surface area (Å²) in [4.78, 5) is 16.2. The average molecular weight is 334 g/mol. The number of likely N-dealkylation sites (N-methyl/N-ethyl adjacent to an activating group) is 2. The molecule has 1 aliphatic rings. The number of nitrogens with zero attached hydrogens (tertiary/aromatic N) is 4. The zero-order valence-corrected chi connectivity index (χ0v) is 13.7. The van der Waals surface area contributed by atoms with Crippen LogP contribution in [0.3, 0.4) is 0 Å². The predicted molar refractivity (Wildman–Crippen MR) is 85.8 cm³/mol. The maximum Gasteiger partial charge on any atom is 0.333 e. The van der Waals surface area contributed by atoms with Crippen LogP contribution >= 0.6 is 0 Å². The number of carbonyl (C=O) groups is 1. The highest BCUT2D eigenvalue weighted by atomic mass is 19.3. The molecule has 128 valence electrons. The van der Waals surface area contributed by atoms with Gasteiger partial charge in [-0.2, -0.15) is 13.9 Å². The van der Waals surface area contributed by atoms with Crippen LogP contribution < -0.4 is 0 Å². The van der Waals surface area contributed by atoms with Gasteiger partial charge < -0.3 is 4.90 Å². The Morgan fingerprint density at radius 3 is 2.71 bits per heavy atom. The summed E-state index contributed by atoms with van der Waals surface area (Å²) in [5.41, 5.74) is 2.64. The molecule has 1 aliphatic heterocycles. The van der Waals surface area contributed by atoms with E-state index in [1.165, 1.54) is 17.2 Å². The van der Waals surface area contributed by atoms with Gasteiger partial charge in [0.15, 0.2) is 5.69 Å². The first-order chi connectivity index (χ1) is 11.5. The van der Waals surface area contributed by atoms with Crippen LogP contribution in [0.5, 0.6) is 0 Å². The third-order valence-electron chi connectivity index (χ3n) is 4.48. The van der Waals surface area contributed by atoms with Crippen LogP contribution in [0.2, 0.25) is 0 Å². The van der Waals surface area contributed by atoms with Crippen molar-refractivity contribution < 1.29 is 13.6 Å². The first-order valence-electron chi connectivity index (χ1n) is 7.81. The number of hydrogen-bond acceptors (Lipinski definition) is 3. The van der Waals surface area contributed by atoms with E-state index in [9.17, 15) is 13.6 Å². The minimum absolute atomic E-state index is 0.0386. The van der Waals surface area contributed by atoms with Gasteiger partial charge in [0.1, 0.15) is 0 Å². The minimum atomic E-state index is -2.74. The maximum atomic E-state index is 12.6. The topological polar surface area (TPSA) is 41.4 Å². The summed E-state index contributed by atoms with van der Waals surface area (Å²) < 4.78 is 25.6. The van der Waals surface area contributed by atoms with Crippen molar-refractivity contribution in [1.29, 1.82) is 0 Å². The molecule has 0 N–H and O–H groups in total. The first kappa shape index (κ1) is 16.6. The Balaban J connectivity index is 1.67. The van der Waals surface area contributed by atoms with Crippen LogP contribution in [0.1, 0.15) is 28.2 Å². The fourth-order valence-electron chi connectivity index (χ4n) is 3.08. The smallest absolute Gasteiger partial charge is 0.333 e. The highest BCUT2D eigenvalue weighted by Gasteiger charge is 2.26. The summed E-state index contributed by atoms with van der Waals surface area (Å²) in [6, 6.07) is 9.79. The van der Waals surface area contributed by atoms with Gasteiger partial charge in [0.05, 0.1) is 0 Å². The van der Waals surface area contributed by atoms with Crippen molar-refractivity contribution in [3.8, 4) is 0 Å². The number of fused-ring (bicyclic) bond motifs is 1. The lowest BCUT2D eigenvalue weighted by Crippen LogP contribution is -2.46. The van der Waals surface area contributed by atoms with E-state index in [1.54, 1.807) is 11.9 Å². The van der Waals surface area contributed by atoms with Crippen molar-refractivity contribution >= 4 is 5.91 Å². The van der Waals surface area contributed by atoms with Gasteiger partial charge in [0.25, 0.3) is 5.91 Å². The van der Waals surface area contributed by atoms with Crippen LogP contribution in [0.25, 0.3) is 0 Å². The summed E-state index contributed by atoms with van der Waals surface area (Å²) in [6.07, 6.45) is 1.98. The Kier molecular flexibility index (Phi) is 4.62. The van der Waals surface area contributed by atoms with Crippen molar-refractivity contribution in [3.63, 3.8) is 0 Å². The third-order valence-corrected chi connectivity index (χ3v) is 4.48. The van der Waals surface area contributed by atoms with Gasteiger partial charge in [-0.05, 0) is 30.7 Å². The molecule has 5 nitrogen and oxygen atoms in total. The van der Waals surface area contributed by atoms with Gasteiger partial charge in [0.2, 0.25) is 0 Å². The van der Waals surface area contributed by atoms with Gasteiger partial charge in [-0.25, -0.2) is 4.68 Å². The quantitative estimate of drug-likeness (QED) is 0.862. The van der Waals surface area contributed by atoms with Crippen LogP contribution in [0, 0.1) is 0 Å². The van der Waals surface area contributed by atoms with E-state index in [0.717, 1.165) is 19.2 Å². The average Bonchev–Trinajstić information content (AvgIpc) is 3.05. The summed E-state index contributed by atoms with van der Waals surface area (Å²) in [5.74, 6) is -0.346. The summed E-state index contributed by atoms with van der Waals surface area (Å²) in [5, 5.41) is 3.64. The Labute approximate surface area is 139 Å². The van der Waals surface area contributed by atoms with Crippen LogP contribution in [-0.4, -0.2) is 52.2 Å². The number of hydrogen-bond donors (Lipinski definition) is 0. The fourth-order valence-corrected chi connectivity index (χ4v) is 3.08. The summed E-state index contributed by atoms with van der Waals surface area (Å²) >= 11 is 0. The zero-order valence-electron chi connectivity index (χ0n) is 13.7. The molecule has 1 atom stereocenters. The predicted octanol–water partition coefficient (Wildman–Crippen LogP) is 2.41. The SMILES string of the molecule is CN(C[C@@H]1Cc2ccccc2CN1C)C(=O)c1ccn(C(F)F)n1. The molecule has 3 rings (SSSR count). The van der Waals surface area contributed by atoms with E-state index in [0.29, 0.717) is 11.2 Å². The molecule has 0 unspecified atom stereocenters. The molecule has 0 saturated heterocycles.